The first-order valence-electron chi connectivity index (χ1n) is 8.93. The number of hydrogen-bond acceptors (Lipinski definition) is 7. The Morgan fingerprint density at radius 3 is 2.88 bits per heavy atom. The third kappa shape index (κ3) is 4.10. The van der Waals surface area contributed by atoms with E-state index in [-0.39, 0.29) is 12.2 Å². The van der Waals surface area contributed by atoms with E-state index in [0.29, 0.717) is 24.8 Å². The maximum Gasteiger partial charge on any atom is 0.191 e. The van der Waals surface area contributed by atoms with Crippen LogP contribution in [0.25, 0.3) is 10.2 Å². The lowest BCUT2D eigenvalue weighted by atomic mass is 9.90. The van der Waals surface area contributed by atoms with Gasteiger partial charge >= 0.3 is 0 Å². The molecule has 7 heteroatoms. The Bertz CT molecular complexity index is 747. The lowest BCUT2D eigenvalue weighted by Gasteiger charge is -2.33. The van der Waals surface area contributed by atoms with Crippen molar-refractivity contribution in [1.82, 2.24) is 9.97 Å². The van der Waals surface area contributed by atoms with Crippen molar-refractivity contribution in [1.29, 1.82) is 0 Å². The van der Waals surface area contributed by atoms with Crippen LogP contribution in [-0.2, 0) is 17.8 Å². The molecule has 25 heavy (non-hydrogen) atoms. The number of aliphatic hydroxyl groups excluding tert-OH is 1. The van der Waals surface area contributed by atoms with Crippen LogP contribution < -0.4 is 5.32 Å². The molecule has 2 aromatic heterocycles. The second kappa shape index (κ2) is 7.78. The molecule has 1 aliphatic heterocycles. The molecule has 0 bridgehead atoms. The normalized spacial score (nSPS) is 20.2. The maximum atomic E-state index is 9.09. The van der Waals surface area contributed by atoms with E-state index < -0.39 is 0 Å². The highest BCUT2D eigenvalue weighted by atomic mass is 32.2. The second-order valence-electron chi connectivity index (χ2n) is 6.98. The summed E-state index contributed by atoms with van der Waals surface area (Å²) in [7, 11) is 0. The Kier molecular flexibility index (Phi) is 5.88. The highest BCUT2D eigenvalue weighted by Gasteiger charge is 2.33. The Morgan fingerprint density at radius 1 is 1.40 bits per heavy atom. The monoisotopic (exact) mass is 381 g/mol. The molecule has 0 fully saturated rings. The van der Waals surface area contributed by atoms with Crippen molar-refractivity contribution < 1.29 is 9.84 Å². The zero-order valence-electron chi connectivity index (χ0n) is 15.4. The van der Waals surface area contributed by atoms with Crippen LogP contribution in [0.1, 0.15) is 51.0 Å². The minimum absolute atomic E-state index is 0.116. The average molecular weight is 382 g/mol. The SMILES string of the molecule is CC[C@@]1(C)Cc2c(sc3nc(SC(C)C)nc(NCCCO)c23)CO1. The highest BCUT2D eigenvalue weighted by molar-refractivity contribution is 7.99. The van der Waals surface area contributed by atoms with Gasteiger partial charge in [-0.3, -0.25) is 0 Å². The number of nitrogens with zero attached hydrogens (tertiary/aromatic N) is 2. The van der Waals surface area contributed by atoms with Crippen LogP contribution in [0.5, 0.6) is 0 Å². The Balaban J connectivity index is 2.06. The Hall–Kier alpha value is -0.890. The van der Waals surface area contributed by atoms with Gasteiger partial charge < -0.3 is 15.2 Å². The van der Waals surface area contributed by atoms with E-state index in [1.807, 2.05) is 0 Å². The van der Waals surface area contributed by atoms with Gasteiger partial charge in [-0.1, -0.05) is 32.5 Å². The van der Waals surface area contributed by atoms with Crippen molar-refractivity contribution in [2.75, 3.05) is 18.5 Å². The van der Waals surface area contributed by atoms with Crippen LogP contribution >= 0.6 is 23.1 Å². The van der Waals surface area contributed by atoms with Gasteiger partial charge in [0.05, 0.1) is 17.6 Å². The summed E-state index contributed by atoms with van der Waals surface area (Å²) in [4.78, 5) is 11.9. The van der Waals surface area contributed by atoms with Crippen molar-refractivity contribution in [3.05, 3.63) is 10.4 Å². The molecule has 0 saturated carbocycles. The molecular weight excluding hydrogens is 354 g/mol. The Morgan fingerprint density at radius 2 is 2.20 bits per heavy atom. The van der Waals surface area contributed by atoms with E-state index in [0.717, 1.165) is 34.0 Å². The number of aromatic nitrogens is 2. The zero-order chi connectivity index (χ0) is 18.0. The molecule has 0 radical (unpaired) electrons. The summed E-state index contributed by atoms with van der Waals surface area (Å²) in [6.45, 7) is 10.2. The van der Waals surface area contributed by atoms with E-state index in [1.54, 1.807) is 23.1 Å². The first kappa shape index (κ1) is 18.9. The van der Waals surface area contributed by atoms with Gasteiger partial charge in [0.2, 0.25) is 0 Å². The van der Waals surface area contributed by atoms with Gasteiger partial charge in [-0.25, -0.2) is 9.97 Å². The zero-order valence-corrected chi connectivity index (χ0v) is 17.0. The van der Waals surface area contributed by atoms with E-state index in [1.165, 1.54) is 10.4 Å². The second-order valence-corrected chi connectivity index (χ2v) is 9.61. The van der Waals surface area contributed by atoms with Crippen LogP contribution in [0.15, 0.2) is 5.16 Å². The molecule has 138 valence electrons. The topological polar surface area (TPSA) is 67.3 Å². The molecule has 0 aromatic carbocycles. The van der Waals surface area contributed by atoms with Crippen LogP contribution in [0.2, 0.25) is 0 Å². The third-order valence-electron chi connectivity index (χ3n) is 4.53. The van der Waals surface area contributed by atoms with Crippen molar-refractivity contribution in [2.24, 2.45) is 0 Å². The van der Waals surface area contributed by atoms with Crippen molar-refractivity contribution in [2.45, 2.75) is 69.6 Å². The molecule has 5 nitrogen and oxygen atoms in total. The summed E-state index contributed by atoms with van der Waals surface area (Å²) in [5.41, 5.74) is 1.22. The van der Waals surface area contributed by atoms with Crippen molar-refractivity contribution in [3.8, 4) is 0 Å². The summed E-state index contributed by atoms with van der Waals surface area (Å²) in [5, 5.41) is 14.9. The molecule has 3 heterocycles. The van der Waals surface area contributed by atoms with E-state index in [4.69, 9.17) is 19.8 Å². The molecule has 2 N–H and O–H groups in total. The number of hydrogen-bond donors (Lipinski definition) is 2. The van der Waals surface area contributed by atoms with Crippen molar-refractivity contribution in [3.63, 3.8) is 0 Å². The molecule has 0 spiro atoms. The molecule has 0 unspecified atom stereocenters. The molecule has 0 amide bonds. The third-order valence-corrected chi connectivity index (χ3v) is 6.50. The Labute approximate surface area is 157 Å². The summed E-state index contributed by atoms with van der Waals surface area (Å²) >= 11 is 3.41. The fourth-order valence-electron chi connectivity index (χ4n) is 2.96. The first-order chi connectivity index (χ1) is 12.0. The minimum atomic E-state index is -0.116. The van der Waals surface area contributed by atoms with Gasteiger partial charge in [0.15, 0.2) is 5.16 Å². The van der Waals surface area contributed by atoms with E-state index >= 15 is 0 Å². The quantitative estimate of drug-likeness (QED) is 0.425. The van der Waals surface area contributed by atoms with Gasteiger partial charge in [-0.2, -0.15) is 0 Å². The highest BCUT2D eigenvalue weighted by Crippen LogP contribution is 2.42. The molecular formula is C18H27N3O2S2. The molecule has 0 aliphatic carbocycles. The number of thiophene rings is 1. The molecule has 1 aliphatic rings. The average Bonchev–Trinajstić information content (AvgIpc) is 2.92. The number of rotatable bonds is 7. The lowest BCUT2D eigenvalue weighted by Crippen LogP contribution is -2.34. The number of fused-ring (bicyclic) bond motifs is 3. The maximum absolute atomic E-state index is 9.09. The largest absolute Gasteiger partial charge is 0.396 e. The number of nitrogens with one attached hydrogen (secondary N) is 1. The van der Waals surface area contributed by atoms with Gasteiger partial charge in [-0.15, -0.1) is 11.3 Å². The first-order valence-corrected chi connectivity index (χ1v) is 10.6. The fraction of sp³-hybridized carbons (Fsp3) is 0.667. The van der Waals surface area contributed by atoms with E-state index in [9.17, 15) is 0 Å². The predicted molar refractivity (Wildman–Crippen MR) is 106 cm³/mol. The van der Waals surface area contributed by atoms with Crippen LogP contribution in [0, 0.1) is 0 Å². The molecule has 3 rings (SSSR count). The summed E-state index contributed by atoms with van der Waals surface area (Å²) in [6.07, 6.45) is 2.59. The van der Waals surface area contributed by atoms with E-state index in [2.05, 4.69) is 33.0 Å². The summed E-state index contributed by atoms with van der Waals surface area (Å²) < 4.78 is 6.11. The standard InChI is InChI=1S/C18H27N3O2S2/c1-5-18(4)9-12-13(10-23-18)25-16-14(12)15(19-7-6-8-22)20-17(21-16)24-11(2)3/h11,22H,5-10H2,1-4H3,(H,19,20,21)/t18-/m0/s1. The number of ether oxygens (including phenoxy) is 1. The smallest absolute Gasteiger partial charge is 0.191 e. The predicted octanol–water partition coefficient (Wildman–Crippen LogP) is 4.23. The fourth-order valence-corrected chi connectivity index (χ4v) is 4.83. The van der Waals surface area contributed by atoms with Crippen LogP contribution in [0.3, 0.4) is 0 Å². The summed E-state index contributed by atoms with van der Waals surface area (Å²) in [5.74, 6) is 0.902. The summed E-state index contributed by atoms with van der Waals surface area (Å²) in [6, 6.07) is 0. The number of anilines is 1. The van der Waals surface area contributed by atoms with Gasteiger partial charge in [0, 0.05) is 29.7 Å². The van der Waals surface area contributed by atoms with Gasteiger partial charge in [-0.05, 0) is 25.3 Å². The molecule has 0 saturated heterocycles. The van der Waals surface area contributed by atoms with Crippen molar-refractivity contribution >= 4 is 39.1 Å². The lowest BCUT2D eigenvalue weighted by molar-refractivity contribution is -0.0542. The van der Waals surface area contributed by atoms with Crippen LogP contribution in [-0.4, -0.2) is 39.1 Å². The van der Waals surface area contributed by atoms with Crippen LogP contribution in [0.4, 0.5) is 5.82 Å². The van der Waals surface area contributed by atoms with Gasteiger partial charge in [0.25, 0.3) is 0 Å². The number of thioether (sulfide) groups is 1. The minimum Gasteiger partial charge on any atom is -0.396 e. The van der Waals surface area contributed by atoms with Gasteiger partial charge in [0.1, 0.15) is 10.6 Å². The molecule has 1 atom stereocenters. The molecule has 2 aromatic rings. The number of aliphatic hydroxyl groups is 1.